The molecule has 0 aliphatic carbocycles. The number of hydrogen-bond donors (Lipinski definition) is 1. The van der Waals surface area contributed by atoms with E-state index in [1.807, 2.05) is 6.92 Å². The number of aliphatic hydroxyl groups excluding tert-OH is 1. The van der Waals surface area contributed by atoms with E-state index in [0.717, 1.165) is 5.56 Å². The molecule has 1 aromatic carbocycles. The fourth-order valence-corrected chi connectivity index (χ4v) is 3.23. The van der Waals surface area contributed by atoms with E-state index >= 15 is 0 Å². The number of carbonyl (C=O) groups is 1. The molecule has 0 spiro atoms. The highest BCUT2D eigenvalue weighted by atomic mass is 32.2. The minimum absolute atomic E-state index is 0.00156. The number of aliphatic hydroxyl groups is 1. The van der Waals surface area contributed by atoms with Crippen LogP contribution in [0, 0.1) is 5.82 Å². The van der Waals surface area contributed by atoms with E-state index in [2.05, 4.69) is 0 Å². The summed E-state index contributed by atoms with van der Waals surface area (Å²) in [6.45, 7) is 2.04. The van der Waals surface area contributed by atoms with Crippen LogP contribution in [0.25, 0.3) is 0 Å². The van der Waals surface area contributed by atoms with Crippen LogP contribution in [0.4, 0.5) is 4.39 Å². The quantitative estimate of drug-likeness (QED) is 0.895. The van der Waals surface area contributed by atoms with Gasteiger partial charge in [-0.3, -0.25) is 4.79 Å². The molecular weight excluding hydrogens is 241 g/mol. The van der Waals surface area contributed by atoms with Gasteiger partial charge in [0.2, 0.25) is 5.91 Å². The van der Waals surface area contributed by atoms with Crippen molar-refractivity contribution in [2.45, 2.75) is 17.5 Å². The predicted molar refractivity (Wildman–Crippen MR) is 65.0 cm³/mol. The Balaban J connectivity index is 2.27. The Morgan fingerprint density at radius 1 is 1.53 bits per heavy atom. The van der Waals surface area contributed by atoms with Crippen LogP contribution in [0.15, 0.2) is 24.3 Å². The van der Waals surface area contributed by atoms with Crippen molar-refractivity contribution in [2.75, 3.05) is 13.2 Å². The van der Waals surface area contributed by atoms with Gasteiger partial charge in [-0.1, -0.05) is 12.1 Å². The van der Waals surface area contributed by atoms with Crippen LogP contribution in [-0.2, 0) is 4.79 Å². The van der Waals surface area contributed by atoms with E-state index < -0.39 is 0 Å². The summed E-state index contributed by atoms with van der Waals surface area (Å²) in [4.78, 5) is 13.5. The SMILES string of the molecule is C[C@H]1S[C@@H](c2cccc(F)c2)N(CCO)C1=O. The molecule has 1 aromatic rings. The zero-order valence-corrected chi connectivity index (χ0v) is 10.3. The molecule has 1 aliphatic rings. The minimum Gasteiger partial charge on any atom is -0.395 e. The van der Waals surface area contributed by atoms with Gasteiger partial charge in [-0.05, 0) is 24.6 Å². The number of β-amino-alcohol motifs (C(OH)–C–C–N with tert-alkyl or cyclic N) is 1. The second kappa shape index (κ2) is 5.06. The van der Waals surface area contributed by atoms with E-state index in [9.17, 15) is 9.18 Å². The lowest BCUT2D eigenvalue weighted by molar-refractivity contribution is -0.130. The number of halogens is 1. The van der Waals surface area contributed by atoms with Gasteiger partial charge in [-0.2, -0.15) is 0 Å². The molecule has 5 heteroatoms. The first-order chi connectivity index (χ1) is 8.13. The normalized spacial score (nSPS) is 24.4. The minimum atomic E-state index is -0.306. The largest absolute Gasteiger partial charge is 0.395 e. The second-order valence-corrected chi connectivity index (χ2v) is 5.37. The van der Waals surface area contributed by atoms with Crippen LogP contribution in [0.1, 0.15) is 17.9 Å². The molecule has 2 atom stereocenters. The van der Waals surface area contributed by atoms with Crippen LogP contribution < -0.4 is 0 Å². The average Bonchev–Trinajstić information content (AvgIpc) is 2.58. The monoisotopic (exact) mass is 255 g/mol. The summed E-state index contributed by atoms with van der Waals surface area (Å²) in [5.41, 5.74) is 0.765. The topological polar surface area (TPSA) is 40.5 Å². The van der Waals surface area contributed by atoms with Gasteiger partial charge in [-0.25, -0.2) is 4.39 Å². The van der Waals surface area contributed by atoms with Crippen molar-refractivity contribution in [2.24, 2.45) is 0 Å². The third kappa shape index (κ3) is 2.45. The third-order valence-corrected chi connectivity index (χ3v) is 4.12. The fourth-order valence-electron chi connectivity index (χ4n) is 1.93. The lowest BCUT2D eigenvalue weighted by atomic mass is 10.2. The van der Waals surface area contributed by atoms with Crippen molar-refractivity contribution < 1.29 is 14.3 Å². The number of amides is 1. The Kier molecular flexibility index (Phi) is 3.69. The lowest BCUT2D eigenvalue weighted by Crippen LogP contribution is -2.32. The molecule has 2 rings (SSSR count). The van der Waals surface area contributed by atoms with Crippen LogP contribution in [-0.4, -0.2) is 34.3 Å². The summed E-state index contributed by atoms with van der Waals surface area (Å²) in [7, 11) is 0. The molecule has 1 amide bonds. The Morgan fingerprint density at radius 2 is 2.29 bits per heavy atom. The predicted octanol–water partition coefficient (Wildman–Crippen LogP) is 1.78. The zero-order chi connectivity index (χ0) is 12.4. The Hall–Kier alpha value is -1.07. The molecule has 0 saturated carbocycles. The number of hydrogen-bond acceptors (Lipinski definition) is 3. The number of nitrogens with zero attached hydrogens (tertiary/aromatic N) is 1. The van der Waals surface area contributed by atoms with Gasteiger partial charge in [0.05, 0.1) is 11.9 Å². The van der Waals surface area contributed by atoms with Crippen LogP contribution in [0.3, 0.4) is 0 Å². The number of thioether (sulfide) groups is 1. The molecule has 1 saturated heterocycles. The van der Waals surface area contributed by atoms with Crippen LogP contribution in [0.2, 0.25) is 0 Å². The maximum absolute atomic E-state index is 13.2. The Morgan fingerprint density at radius 3 is 2.94 bits per heavy atom. The highest BCUT2D eigenvalue weighted by Gasteiger charge is 2.37. The smallest absolute Gasteiger partial charge is 0.236 e. The summed E-state index contributed by atoms with van der Waals surface area (Å²) < 4.78 is 13.2. The first-order valence-corrected chi connectivity index (χ1v) is 6.40. The number of benzene rings is 1. The molecule has 3 nitrogen and oxygen atoms in total. The van der Waals surface area contributed by atoms with Crippen molar-refractivity contribution >= 4 is 17.7 Å². The van der Waals surface area contributed by atoms with Crippen LogP contribution in [0.5, 0.6) is 0 Å². The van der Waals surface area contributed by atoms with Gasteiger partial charge in [0.25, 0.3) is 0 Å². The van der Waals surface area contributed by atoms with E-state index in [-0.39, 0.29) is 35.5 Å². The Labute approximate surface area is 104 Å². The van der Waals surface area contributed by atoms with E-state index in [0.29, 0.717) is 0 Å². The van der Waals surface area contributed by atoms with Crippen molar-refractivity contribution in [1.82, 2.24) is 4.90 Å². The molecule has 0 bridgehead atoms. The van der Waals surface area contributed by atoms with Gasteiger partial charge in [0.1, 0.15) is 11.2 Å². The molecule has 0 radical (unpaired) electrons. The molecule has 92 valence electrons. The van der Waals surface area contributed by atoms with Gasteiger partial charge in [0.15, 0.2) is 0 Å². The molecule has 1 heterocycles. The Bertz CT molecular complexity index is 427. The van der Waals surface area contributed by atoms with Crippen molar-refractivity contribution in [3.05, 3.63) is 35.6 Å². The van der Waals surface area contributed by atoms with Gasteiger partial charge in [-0.15, -0.1) is 11.8 Å². The van der Waals surface area contributed by atoms with Crippen molar-refractivity contribution in [3.8, 4) is 0 Å². The van der Waals surface area contributed by atoms with Crippen molar-refractivity contribution in [3.63, 3.8) is 0 Å². The average molecular weight is 255 g/mol. The molecule has 0 aromatic heterocycles. The molecule has 17 heavy (non-hydrogen) atoms. The van der Waals surface area contributed by atoms with Gasteiger partial charge < -0.3 is 10.0 Å². The standard InChI is InChI=1S/C12H14FNO2S/c1-8-11(16)14(5-6-15)12(17-8)9-3-2-4-10(13)7-9/h2-4,7-8,12,15H,5-6H2,1H3/t8-,12+/m1/s1. The first-order valence-electron chi connectivity index (χ1n) is 5.45. The number of carbonyl (C=O) groups excluding carboxylic acids is 1. The maximum Gasteiger partial charge on any atom is 0.236 e. The fraction of sp³-hybridized carbons (Fsp3) is 0.417. The molecule has 0 unspecified atom stereocenters. The summed E-state index contributed by atoms with van der Waals surface area (Å²) in [5, 5.41) is 8.63. The zero-order valence-electron chi connectivity index (χ0n) is 9.47. The second-order valence-electron chi connectivity index (χ2n) is 3.94. The first kappa shape index (κ1) is 12.4. The molecular formula is C12H14FNO2S. The highest BCUT2D eigenvalue weighted by molar-refractivity contribution is 8.01. The molecule has 1 N–H and O–H groups in total. The number of rotatable bonds is 3. The summed E-state index contributed by atoms with van der Waals surface area (Å²) in [6, 6.07) is 6.25. The summed E-state index contributed by atoms with van der Waals surface area (Å²) in [6.07, 6.45) is 0. The summed E-state index contributed by atoms with van der Waals surface area (Å²) in [5.74, 6) is -0.308. The van der Waals surface area contributed by atoms with Gasteiger partial charge >= 0.3 is 0 Å². The summed E-state index contributed by atoms with van der Waals surface area (Å²) >= 11 is 1.48. The van der Waals surface area contributed by atoms with Crippen LogP contribution >= 0.6 is 11.8 Å². The lowest BCUT2D eigenvalue weighted by Gasteiger charge is -2.23. The maximum atomic E-state index is 13.2. The van der Waals surface area contributed by atoms with E-state index in [1.54, 1.807) is 17.0 Å². The van der Waals surface area contributed by atoms with Crippen molar-refractivity contribution in [1.29, 1.82) is 0 Å². The van der Waals surface area contributed by atoms with E-state index in [1.165, 1.54) is 23.9 Å². The third-order valence-electron chi connectivity index (χ3n) is 2.72. The van der Waals surface area contributed by atoms with Gasteiger partial charge in [0, 0.05) is 6.54 Å². The highest BCUT2D eigenvalue weighted by Crippen LogP contribution is 2.42. The molecule has 1 aliphatic heterocycles. The van der Waals surface area contributed by atoms with E-state index in [4.69, 9.17) is 5.11 Å². The molecule has 1 fully saturated rings.